The van der Waals surface area contributed by atoms with Gasteiger partial charge in [-0.2, -0.15) is 0 Å². The van der Waals surface area contributed by atoms with Gasteiger partial charge in [0.2, 0.25) is 0 Å². The van der Waals surface area contributed by atoms with E-state index < -0.39 is 23.6 Å². The first-order chi connectivity index (χ1) is 12.3. The maximum absolute atomic E-state index is 12.0. The predicted octanol–water partition coefficient (Wildman–Crippen LogP) is 0.775. The third kappa shape index (κ3) is 10.0. The Hall–Kier alpha value is -2.12. The molecule has 0 aliphatic carbocycles. The molecule has 0 unspecified atom stereocenters. The fraction of sp³-hybridized carbons (Fsp3) is 0.778. The monoisotopic (exact) mass is 370 g/mol. The molecular weight excluding hydrogens is 336 g/mol. The molecule has 150 valence electrons. The molecular formula is C18H34N4O4. The minimum absolute atomic E-state index is 0.153. The first-order valence-corrected chi connectivity index (χ1v) is 9.52. The van der Waals surface area contributed by atoms with Gasteiger partial charge in [-0.3, -0.25) is 19.2 Å². The summed E-state index contributed by atoms with van der Waals surface area (Å²) in [5.74, 6) is -3.56. The van der Waals surface area contributed by atoms with Crippen LogP contribution in [0.5, 0.6) is 0 Å². The highest BCUT2D eigenvalue weighted by atomic mass is 16.2. The lowest BCUT2D eigenvalue weighted by Crippen LogP contribution is -2.48. The largest absolute Gasteiger partial charge is 0.361 e. The third-order valence-electron chi connectivity index (χ3n) is 4.20. The molecule has 8 heteroatoms. The van der Waals surface area contributed by atoms with Crippen LogP contribution in [-0.2, 0) is 19.2 Å². The minimum Gasteiger partial charge on any atom is -0.361 e. The van der Waals surface area contributed by atoms with Crippen LogP contribution in [0.2, 0.25) is 0 Å². The lowest BCUT2D eigenvalue weighted by molar-refractivity contribution is -0.146. The molecule has 0 atom stereocenters. The molecule has 0 aromatic carbocycles. The van der Waals surface area contributed by atoms with Crippen molar-refractivity contribution in [1.29, 1.82) is 0 Å². The van der Waals surface area contributed by atoms with Gasteiger partial charge >= 0.3 is 23.6 Å². The molecule has 0 aliphatic heterocycles. The van der Waals surface area contributed by atoms with Gasteiger partial charge in [0.25, 0.3) is 0 Å². The van der Waals surface area contributed by atoms with E-state index in [2.05, 4.69) is 13.8 Å². The quantitative estimate of drug-likeness (QED) is 0.367. The molecule has 0 saturated carbocycles. The Bertz CT molecular complexity index is 426. The fourth-order valence-corrected chi connectivity index (χ4v) is 2.64. The van der Waals surface area contributed by atoms with Gasteiger partial charge in [0, 0.05) is 26.2 Å². The van der Waals surface area contributed by atoms with E-state index in [1.165, 1.54) is 9.80 Å². The molecule has 0 aromatic rings. The molecule has 0 radical (unpaired) electrons. The van der Waals surface area contributed by atoms with Gasteiger partial charge in [-0.25, -0.2) is 0 Å². The number of carbonyl (C=O) groups is 4. The van der Waals surface area contributed by atoms with Crippen molar-refractivity contribution in [2.45, 2.75) is 65.2 Å². The second-order valence-electron chi connectivity index (χ2n) is 6.43. The Kier molecular flexibility index (Phi) is 12.9. The molecule has 0 rings (SSSR count). The van der Waals surface area contributed by atoms with E-state index in [0.717, 1.165) is 51.4 Å². The maximum atomic E-state index is 12.0. The number of nitrogens with zero attached hydrogens (tertiary/aromatic N) is 2. The summed E-state index contributed by atoms with van der Waals surface area (Å²) >= 11 is 0. The topological polar surface area (TPSA) is 127 Å². The molecule has 26 heavy (non-hydrogen) atoms. The summed E-state index contributed by atoms with van der Waals surface area (Å²) in [4.78, 5) is 49.1. The van der Waals surface area contributed by atoms with Gasteiger partial charge in [0.05, 0.1) is 0 Å². The fourth-order valence-electron chi connectivity index (χ4n) is 2.64. The summed E-state index contributed by atoms with van der Waals surface area (Å²) in [6, 6.07) is 0. The Morgan fingerprint density at radius 1 is 0.577 bits per heavy atom. The van der Waals surface area contributed by atoms with Gasteiger partial charge in [-0.05, 0) is 12.8 Å². The van der Waals surface area contributed by atoms with E-state index in [-0.39, 0.29) is 13.1 Å². The number of primary amides is 2. The SMILES string of the molecule is CCCCCCN(CCN(CCCCCC)C(=O)C(N)=O)C(=O)C(N)=O. The van der Waals surface area contributed by atoms with Crippen molar-refractivity contribution in [3.05, 3.63) is 0 Å². The van der Waals surface area contributed by atoms with Crippen LogP contribution in [0.3, 0.4) is 0 Å². The highest BCUT2D eigenvalue weighted by Gasteiger charge is 2.23. The highest BCUT2D eigenvalue weighted by Crippen LogP contribution is 2.05. The van der Waals surface area contributed by atoms with Gasteiger partial charge < -0.3 is 21.3 Å². The zero-order valence-electron chi connectivity index (χ0n) is 16.2. The summed E-state index contributed by atoms with van der Waals surface area (Å²) in [7, 11) is 0. The van der Waals surface area contributed by atoms with Crippen molar-refractivity contribution in [2.24, 2.45) is 11.5 Å². The molecule has 0 saturated heterocycles. The second kappa shape index (κ2) is 14.1. The molecule has 0 aliphatic rings. The molecule has 0 spiro atoms. The van der Waals surface area contributed by atoms with Crippen LogP contribution in [0.4, 0.5) is 0 Å². The number of hydrogen-bond acceptors (Lipinski definition) is 4. The zero-order valence-corrected chi connectivity index (χ0v) is 16.2. The molecule has 0 heterocycles. The third-order valence-corrected chi connectivity index (χ3v) is 4.20. The summed E-state index contributed by atoms with van der Waals surface area (Å²) in [6.07, 6.45) is 7.61. The number of hydrogen-bond donors (Lipinski definition) is 2. The second-order valence-corrected chi connectivity index (χ2v) is 6.43. The van der Waals surface area contributed by atoms with E-state index in [0.29, 0.717) is 13.1 Å². The molecule has 4 amide bonds. The first-order valence-electron chi connectivity index (χ1n) is 9.52. The average Bonchev–Trinajstić information content (AvgIpc) is 2.61. The highest BCUT2D eigenvalue weighted by molar-refractivity contribution is 6.35. The number of rotatable bonds is 13. The lowest BCUT2D eigenvalue weighted by atomic mass is 10.2. The Labute approximate surface area is 156 Å². The summed E-state index contributed by atoms with van der Waals surface area (Å²) in [5, 5.41) is 0. The van der Waals surface area contributed by atoms with Crippen molar-refractivity contribution < 1.29 is 19.2 Å². The van der Waals surface area contributed by atoms with Gasteiger partial charge in [-0.1, -0.05) is 52.4 Å². The number of carbonyl (C=O) groups excluding carboxylic acids is 4. The van der Waals surface area contributed by atoms with Crippen molar-refractivity contribution >= 4 is 23.6 Å². The standard InChI is InChI=1S/C18H34N4O4/c1-3-5-7-9-11-21(17(25)15(19)23)13-14-22(18(26)16(20)24)12-10-8-6-4-2/h3-14H2,1-2H3,(H2,19,23)(H2,20,24). The van der Waals surface area contributed by atoms with Crippen molar-refractivity contribution in [2.75, 3.05) is 26.2 Å². The summed E-state index contributed by atoms with van der Waals surface area (Å²) in [6.45, 7) is 5.27. The van der Waals surface area contributed by atoms with Crippen LogP contribution in [-0.4, -0.2) is 59.6 Å². The first kappa shape index (κ1) is 23.9. The Balaban J connectivity index is 4.77. The normalized spacial score (nSPS) is 10.4. The van der Waals surface area contributed by atoms with Crippen molar-refractivity contribution in [1.82, 2.24) is 9.80 Å². The molecule has 0 bridgehead atoms. The smallest absolute Gasteiger partial charge is 0.311 e. The van der Waals surface area contributed by atoms with E-state index in [9.17, 15) is 19.2 Å². The molecule has 4 N–H and O–H groups in total. The van der Waals surface area contributed by atoms with Crippen LogP contribution in [0, 0.1) is 0 Å². The van der Waals surface area contributed by atoms with E-state index in [1.807, 2.05) is 0 Å². The molecule has 8 nitrogen and oxygen atoms in total. The number of unbranched alkanes of at least 4 members (excludes halogenated alkanes) is 6. The molecule has 0 aromatic heterocycles. The van der Waals surface area contributed by atoms with Crippen LogP contribution >= 0.6 is 0 Å². The van der Waals surface area contributed by atoms with E-state index >= 15 is 0 Å². The van der Waals surface area contributed by atoms with E-state index in [1.54, 1.807) is 0 Å². The Morgan fingerprint density at radius 3 is 1.19 bits per heavy atom. The summed E-state index contributed by atoms with van der Waals surface area (Å²) in [5.41, 5.74) is 10.2. The molecule has 0 fully saturated rings. The number of nitrogens with two attached hydrogens (primary N) is 2. The maximum Gasteiger partial charge on any atom is 0.311 e. The lowest BCUT2D eigenvalue weighted by Gasteiger charge is -2.26. The van der Waals surface area contributed by atoms with Crippen LogP contribution in [0.25, 0.3) is 0 Å². The van der Waals surface area contributed by atoms with Gasteiger partial charge in [0.15, 0.2) is 0 Å². The van der Waals surface area contributed by atoms with Crippen LogP contribution < -0.4 is 11.5 Å². The zero-order chi connectivity index (χ0) is 19.9. The van der Waals surface area contributed by atoms with Crippen molar-refractivity contribution in [3.8, 4) is 0 Å². The Morgan fingerprint density at radius 2 is 0.923 bits per heavy atom. The van der Waals surface area contributed by atoms with Crippen LogP contribution in [0.15, 0.2) is 0 Å². The van der Waals surface area contributed by atoms with Gasteiger partial charge in [0.1, 0.15) is 0 Å². The predicted molar refractivity (Wildman–Crippen MR) is 99.8 cm³/mol. The summed E-state index contributed by atoms with van der Waals surface area (Å²) < 4.78 is 0. The number of amides is 4. The van der Waals surface area contributed by atoms with E-state index in [4.69, 9.17) is 11.5 Å². The van der Waals surface area contributed by atoms with Gasteiger partial charge in [-0.15, -0.1) is 0 Å². The van der Waals surface area contributed by atoms with Crippen LogP contribution in [0.1, 0.15) is 65.2 Å². The minimum atomic E-state index is -1.02. The average molecular weight is 370 g/mol. The van der Waals surface area contributed by atoms with Crippen molar-refractivity contribution in [3.63, 3.8) is 0 Å².